The summed E-state index contributed by atoms with van der Waals surface area (Å²) in [6, 6.07) is 5.56. The Balaban J connectivity index is 2.83. The zero-order chi connectivity index (χ0) is 12.8. The normalized spacial score (nSPS) is 10.6. The van der Waals surface area contributed by atoms with Crippen LogP contribution >= 0.6 is 11.6 Å². The van der Waals surface area contributed by atoms with Crippen molar-refractivity contribution >= 4 is 17.5 Å². The maximum Gasteiger partial charge on any atom is 0.255 e. The molecule has 0 saturated heterocycles. The van der Waals surface area contributed by atoms with Gasteiger partial charge in [-0.1, -0.05) is 6.07 Å². The molecule has 0 fully saturated rings. The van der Waals surface area contributed by atoms with Gasteiger partial charge in [-0.2, -0.15) is 0 Å². The van der Waals surface area contributed by atoms with Gasteiger partial charge < -0.3 is 10.0 Å². The summed E-state index contributed by atoms with van der Waals surface area (Å²) in [6.07, 6.45) is -2.61. The summed E-state index contributed by atoms with van der Waals surface area (Å²) >= 11 is 5.45. The van der Waals surface area contributed by atoms with E-state index in [0.717, 1.165) is 4.90 Å². The van der Waals surface area contributed by atoms with Gasteiger partial charge in [0.1, 0.15) is 5.75 Å². The highest BCUT2D eigenvalue weighted by atomic mass is 35.5. The van der Waals surface area contributed by atoms with Crippen molar-refractivity contribution in [1.82, 2.24) is 4.90 Å². The van der Waals surface area contributed by atoms with Crippen molar-refractivity contribution < 1.29 is 18.7 Å². The summed E-state index contributed by atoms with van der Waals surface area (Å²) in [5, 5.41) is 9.21. The molecule has 0 unspecified atom stereocenters. The van der Waals surface area contributed by atoms with Crippen molar-refractivity contribution in [3.05, 3.63) is 29.8 Å². The van der Waals surface area contributed by atoms with E-state index >= 15 is 0 Å². The number of aromatic hydroxyl groups is 1. The lowest BCUT2D eigenvalue weighted by atomic mass is 10.2. The molecule has 94 valence electrons. The molecule has 3 nitrogen and oxygen atoms in total. The van der Waals surface area contributed by atoms with Gasteiger partial charge in [0.25, 0.3) is 12.3 Å². The Morgan fingerprint density at radius 2 is 2.18 bits per heavy atom. The molecule has 1 rings (SSSR count). The van der Waals surface area contributed by atoms with Crippen LogP contribution in [0.2, 0.25) is 0 Å². The first-order valence-corrected chi connectivity index (χ1v) is 5.50. The van der Waals surface area contributed by atoms with Crippen molar-refractivity contribution in [3.8, 4) is 5.75 Å². The quantitative estimate of drug-likeness (QED) is 0.829. The van der Waals surface area contributed by atoms with Crippen molar-refractivity contribution in [2.75, 3.05) is 19.0 Å². The van der Waals surface area contributed by atoms with Crippen molar-refractivity contribution in [1.29, 1.82) is 0 Å². The van der Waals surface area contributed by atoms with Crippen LogP contribution < -0.4 is 0 Å². The SMILES string of the molecule is O=C(c1cccc(O)c1)N(CCCl)CC(F)F. The molecule has 1 N–H and O–H groups in total. The van der Waals surface area contributed by atoms with Crippen LogP contribution in [0.4, 0.5) is 8.78 Å². The molecule has 1 amide bonds. The van der Waals surface area contributed by atoms with Crippen molar-refractivity contribution in [2.24, 2.45) is 0 Å². The largest absolute Gasteiger partial charge is 0.508 e. The van der Waals surface area contributed by atoms with Gasteiger partial charge in [0.05, 0.1) is 6.54 Å². The Morgan fingerprint density at radius 3 is 2.71 bits per heavy atom. The topological polar surface area (TPSA) is 40.5 Å². The lowest BCUT2D eigenvalue weighted by Gasteiger charge is -2.21. The zero-order valence-electron chi connectivity index (χ0n) is 8.94. The molecule has 0 atom stereocenters. The number of carbonyl (C=O) groups excluding carboxylic acids is 1. The van der Waals surface area contributed by atoms with E-state index in [2.05, 4.69) is 0 Å². The fourth-order valence-corrected chi connectivity index (χ4v) is 1.57. The minimum atomic E-state index is -2.61. The van der Waals surface area contributed by atoms with Gasteiger partial charge in [0.15, 0.2) is 0 Å². The Morgan fingerprint density at radius 1 is 1.47 bits per heavy atom. The zero-order valence-corrected chi connectivity index (χ0v) is 9.70. The third-order valence-corrected chi connectivity index (χ3v) is 2.26. The number of hydrogen-bond acceptors (Lipinski definition) is 2. The Bertz CT molecular complexity index is 387. The Kier molecular flexibility index (Phi) is 5.15. The van der Waals surface area contributed by atoms with Crippen LogP contribution in [0.5, 0.6) is 5.75 Å². The maximum atomic E-state index is 12.3. The van der Waals surface area contributed by atoms with Crippen molar-refractivity contribution in [2.45, 2.75) is 6.43 Å². The highest BCUT2D eigenvalue weighted by Crippen LogP contribution is 2.14. The van der Waals surface area contributed by atoms with Crippen LogP contribution in [0, 0.1) is 0 Å². The highest BCUT2D eigenvalue weighted by molar-refractivity contribution is 6.18. The lowest BCUT2D eigenvalue weighted by Crippen LogP contribution is -2.36. The molecule has 0 aliphatic rings. The molecular formula is C11H12ClF2NO2. The molecule has 0 saturated carbocycles. The molecule has 0 radical (unpaired) electrons. The average molecular weight is 264 g/mol. The number of phenolic OH excluding ortho intramolecular Hbond substituents is 1. The summed E-state index contributed by atoms with van der Waals surface area (Å²) < 4.78 is 24.6. The Hall–Kier alpha value is -1.36. The molecule has 1 aromatic rings. The number of nitrogens with zero attached hydrogens (tertiary/aromatic N) is 1. The van der Waals surface area contributed by atoms with E-state index in [-0.39, 0.29) is 23.7 Å². The number of halogens is 3. The molecule has 0 bridgehead atoms. The average Bonchev–Trinajstić information content (AvgIpc) is 2.27. The number of amides is 1. The molecule has 6 heteroatoms. The minimum Gasteiger partial charge on any atom is -0.508 e. The van der Waals surface area contributed by atoms with Crippen LogP contribution in [0.25, 0.3) is 0 Å². The summed E-state index contributed by atoms with van der Waals surface area (Å²) in [7, 11) is 0. The minimum absolute atomic E-state index is 0.0420. The molecule has 17 heavy (non-hydrogen) atoms. The first-order chi connectivity index (χ1) is 8.04. The van der Waals surface area contributed by atoms with Gasteiger partial charge >= 0.3 is 0 Å². The molecule has 0 aromatic heterocycles. The predicted octanol–water partition coefficient (Wildman–Crippen LogP) is 2.34. The first kappa shape index (κ1) is 13.7. The standard InChI is InChI=1S/C11H12ClF2NO2/c12-4-5-15(7-10(13)14)11(17)8-2-1-3-9(16)6-8/h1-3,6,10,16H,4-5,7H2. The summed E-state index contributed by atoms with van der Waals surface area (Å²) in [6.45, 7) is -0.623. The Labute approximate surface area is 103 Å². The lowest BCUT2D eigenvalue weighted by molar-refractivity contribution is 0.0571. The number of carbonyl (C=O) groups is 1. The molecule has 0 spiro atoms. The summed E-state index contributed by atoms with van der Waals surface area (Å²) in [5.74, 6) is -0.572. The molecule has 0 heterocycles. The number of rotatable bonds is 5. The monoisotopic (exact) mass is 263 g/mol. The number of alkyl halides is 3. The van der Waals surface area contributed by atoms with Crippen LogP contribution in [-0.4, -0.2) is 41.3 Å². The smallest absolute Gasteiger partial charge is 0.255 e. The van der Waals surface area contributed by atoms with E-state index in [1.165, 1.54) is 24.3 Å². The number of phenols is 1. The van der Waals surface area contributed by atoms with Crippen LogP contribution in [-0.2, 0) is 0 Å². The first-order valence-electron chi connectivity index (χ1n) is 4.97. The second-order valence-electron chi connectivity index (χ2n) is 3.38. The molecule has 1 aromatic carbocycles. The second kappa shape index (κ2) is 6.39. The third-order valence-electron chi connectivity index (χ3n) is 2.09. The maximum absolute atomic E-state index is 12.3. The van der Waals surface area contributed by atoms with E-state index in [9.17, 15) is 18.7 Å². The predicted molar refractivity (Wildman–Crippen MR) is 60.7 cm³/mol. The number of benzene rings is 1. The van der Waals surface area contributed by atoms with E-state index < -0.39 is 18.9 Å². The van der Waals surface area contributed by atoms with Gasteiger partial charge in [0.2, 0.25) is 0 Å². The van der Waals surface area contributed by atoms with E-state index in [1.807, 2.05) is 0 Å². The molecule has 0 aliphatic heterocycles. The number of hydrogen-bond donors (Lipinski definition) is 1. The van der Waals surface area contributed by atoms with Gasteiger partial charge in [-0.3, -0.25) is 4.79 Å². The fraction of sp³-hybridized carbons (Fsp3) is 0.364. The highest BCUT2D eigenvalue weighted by Gasteiger charge is 2.19. The second-order valence-corrected chi connectivity index (χ2v) is 3.76. The molecular weight excluding hydrogens is 252 g/mol. The van der Waals surface area contributed by atoms with E-state index in [0.29, 0.717) is 0 Å². The van der Waals surface area contributed by atoms with E-state index in [1.54, 1.807) is 0 Å². The van der Waals surface area contributed by atoms with Crippen molar-refractivity contribution in [3.63, 3.8) is 0 Å². The molecule has 0 aliphatic carbocycles. The van der Waals surface area contributed by atoms with Crippen LogP contribution in [0.15, 0.2) is 24.3 Å². The fourth-order valence-electron chi connectivity index (χ4n) is 1.37. The summed E-state index contributed by atoms with van der Waals surface area (Å²) in [5.41, 5.74) is 0.163. The summed E-state index contributed by atoms with van der Waals surface area (Å²) in [4.78, 5) is 12.8. The van der Waals surface area contributed by atoms with Crippen LogP contribution in [0.3, 0.4) is 0 Å². The van der Waals surface area contributed by atoms with Gasteiger partial charge in [0, 0.05) is 18.0 Å². The van der Waals surface area contributed by atoms with E-state index in [4.69, 9.17) is 11.6 Å². The third kappa shape index (κ3) is 4.19. The van der Waals surface area contributed by atoms with Gasteiger partial charge in [-0.05, 0) is 18.2 Å². The van der Waals surface area contributed by atoms with Gasteiger partial charge in [-0.15, -0.1) is 11.6 Å². The van der Waals surface area contributed by atoms with Crippen LogP contribution in [0.1, 0.15) is 10.4 Å². The van der Waals surface area contributed by atoms with Gasteiger partial charge in [-0.25, -0.2) is 8.78 Å².